The van der Waals surface area contributed by atoms with E-state index in [9.17, 15) is 19.2 Å². The third-order valence-electron chi connectivity index (χ3n) is 6.52. The second kappa shape index (κ2) is 10.7. The molecule has 0 atom stereocenters. The summed E-state index contributed by atoms with van der Waals surface area (Å²) in [7, 11) is 0. The number of hydrogen-bond acceptors (Lipinski definition) is 6. The molecule has 4 rings (SSSR count). The summed E-state index contributed by atoms with van der Waals surface area (Å²) in [6, 6.07) is 15.5. The second-order valence-corrected chi connectivity index (χ2v) is 11.0. The standard InChI is InChI=1S/C30H34N4O4/c1-29(2)17-19-9-5-7-11-21(19)23(33-29)15-25(35)27(37)31-13-14-32-28(38)26(36)16-24-22-12-8-6-10-20(22)18-30(3,4)34-24/h5-12,15-16,33-34H,13-14,17-18H2,1-4H3,(H,31,37)(H,32,38)/b23-15-,24-16+. The molecule has 2 aliphatic heterocycles. The zero-order valence-corrected chi connectivity index (χ0v) is 22.2. The van der Waals surface area contributed by atoms with Gasteiger partial charge in [-0.15, -0.1) is 0 Å². The van der Waals surface area contributed by atoms with Crippen LogP contribution in [0.3, 0.4) is 0 Å². The van der Waals surface area contributed by atoms with Gasteiger partial charge in [-0.05, 0) is 51.7 Å². The maximum absolute atomic E-state index is 12.6. The first-order valence-corrected chi connectivity index (χ1v) is 12.7. The minimum Gasteiger partial charge on any atom is -0.379 e. The number of rotatable bonds is 7. The van der Waals surface area contributed by atoms with E-state index in [0.29, 0.717) is 11.4 Å². The molecule has 0 fully saturated rings. The van der Waals surface area contributed by atoms with E-state index in [-0.39, 0.29) is 24.2 Å². The first kappa shape index (κ1) is 26.9. The predicted octanol–water partition coefficient (Wildman–Crippen LogP) is 2.29. The molecule has 0 bridgehead atoms. The molecule has 0 spiro atoms. The second-order valence-electron chi connectivity index (χ2n) is 11.0. The van der Waals surface area contributed by atoms with Gasteiger partial charge in [0.2, 0.25) is 11.6 Å². The summed E-state index contributed by atoms with van der Waals surface area (Å²) >= 11 is 0. The molecule has 0 saturated carbocycles. The number of carbonyl (C=O) groups is 4. The van der Waals surface area contributed by atoms with Crippen LogP contribution in [0.5, 0.6) is 0 Å². The number of benzene rings is 2. The fourth-order valence-electron chi connectivity index (χ4n) is 4.93. The van der Waals surface area contributed by atoms with Crippen molar-refractivity contribution in [2.75, 3.05) is 13.1 Å². The molecule has 2 aromatic rings. The minimum absolute atomic E-state index is 0.00691. The molecule has 198 valence electrons. The van der Waals surface area contributed by atoms with Crippen molar-refractivity contribution in [2.45, 2.75) is 51.6 Å². The van der Waals surface area contributed by atoms with Gasteiger partial charge in [-0.1, -0.05) is 48.5 Å². The first-order chi connectivity index (χ1) is 17.9. The van der Waals surface area contributed by atoms with Crippen LogP contribution in [0.15, 0.2) is 60.7 Å². The van der Waals surface area contributed by atoms with Crippen LogP contribution in [0, 0.1) is 0 Å². The third kappa shape index (κ3) is 6.37. The van der Waals surface area contributed by atoms with Gasteiger partial charge in [0.05, 0.1) is 0 Å². The van der Waals surface area contributed by atoms with E-state index >= 15 is 0 Å². The molecular formula is C30H34N4O4. The highest BCUT2D eigenvalue weighted by molar-refractivity contribution is 6.42. The van der Waals surface area contributed by atoms with Crippen molar-refractivity contribution < 1.29 is 19.2 Å². The van der Waals surface area contributed by atoms with Crippen LogP contribution in [0.25, 0.3) is 11.4 Å². The van der Waals surface area contributed by atoms with Gasteiger partial charge in [-0.2, -0.15) is 0 Å². The van der Waals surface area contributed by atoms with Gasteiger partial charge in [-0.25, -0.2) is 0 Å². The molecule has 2 heterocycles. The molecule has 0 aliphatic carbocycles. The monoisotopic (exact) mass is 514 g/mol. The summed E-state index contributed by atoms with van der Waals surface area (Å²) in [5, 5.41) is 11.7. The molecule has 8 heteroatoms. The Morgan fingerprint density at radius 3 is 1.45 bits per heavy atom. The third-order valence-corrected chi connectivity index (χ3v) is 6.52. The maximum atomic E-state index is 12.6. The summed E-state index contributed by atoms with van der Waals surface area (Å²) in [5.74, 6) is -2.96. The summed E-state index contributed by atoms with van der Waals surface area (Å²) in [6.07, 6.45) is 4.21. The minimum atomic E-state index is -0.784. The van der Waals surface area contributed by atoms with Gasteiger partial charge in [-0.3, -0.25) is 19.2 Å². The highest BCUT2D eigenvalue weighted by atomic mass is 16.2. The SMILES string of the molecule is CC1(C)Cc2ccccc2/C(=C/C(=O)C(=O)NCCNC(=O)C(=O)/C=C2/NC(C)(C)Cc3ccccc32)N1. The van der Waals surface area contributed by atoms with E-state index in [1.807, 2.05) is 76.2 Å². The van der Waals surface area contributed by atoms with Crippen LogP contribution >= 0.6 is 0 Å². The Hall–Kier alpha value is -4.20. The molecule has 8 nitrogen and oxygen atoms in total. The lowest BCUT2D eigenvalue weighted by molar-refractivity contribution is -0.135. The molecule has 2 aliphatic rings. The van der Waals surface area contributed by atoms with Gasteiger partial charge >= 0.3 is 0 Å². The largest absolute Gasteiger partial charge is 0.379 e. The van der Waals surface area contributed by atoms with Crippen molar-refractivity contribution in [1.29, 1.82) is 0 Å². The zero-order valence-electron chi connectivity index (χ0n) is 22.2. The summed E-state index contributed by atoms with van der Waals surface area (Å²) < 4.78 is 0. The van der Waals surface area contributed by atoms with E-state index in [1.54, 1.807) is 0 Å². The van der Waals surface area contributed by atoms with Gasteiger partial charge in [0.1, 0.15) is 0 Å². The van der Waals surface area contributed by atoms with Crippen LogP contribution < -0.4 is 21.3 Å². The number of carbonyl (C=O) groups excluding carboxylic acids is 4. The van der Waals surface area contributed by atoms with Crippen LogP contribution in [-0.4, -0.2) is 47.5 Å². The molecule has 0 aromatic heterocycles. The summed E-state index contributed by atoms with van der Waals surface area (Å²) in [4.78, 5) is 49.9. The maximum Gasteiger partial charge on any atom is 0.291 e. The van der Waals surface area contributed by atoms with Crippen LogP contribution in [-0.2, 0) is 32.0 Å². The normalized spacial score (nSPS) is 18.8. The Balaban J connectivity index is 1.31. The van der Waals surface area contributed by atoms with Crippen molar-refractivity contribution in [3.63, 3.8) is 0 Å². The van der Waals surface area contributed by atoms with Crippen LogP contribution in [0.2, 0.25) is 0 Å². The van der Waals surface area contributed by atoms with E-state index in [2.05, 4.69) is 21.3 Å². The van der Waals surface area contributed by atoms with Crippen LogP contribution in [0.4, 0.5) is 0 Å². The van der Waals surface area contributed by atoms with E-state index < -0.39 is 23.4 Å². The van der Waals surface area contributed by atoms with Crippen molar-refractivity contribution in [1.82, 2.24) is 21.3 Å². The molecule has 0 saturated heterocycles. The Bertz CT molecular complexity index is 1250. The molecule has 0 unspecified atom stereocenters. The van der Waals surface area contributed by atoms with Crippen molar-refractivity contribution in [3.05, 3.63) is 82.9 Å². The Morgan fingerprint density at radius 2 is 1.05 bits per heavy atom. The average Bonchev–Trinajstić information content (AvgIpc) is 2.84. The van der Waals surface area contributed by atoms with Gasteiger partial charge in [0.15, 0.2) is 0 Å². The smallest absolute Gasteiger partial charge is 0.291 e. The number of amides is 2. The predicted molar refractivity (Wildman–Crippen MR) is 147 cm³/mol. The van der Waals surface area contributed by atoms with E-state index in [4.69, 9.17) is 0 Å². The van der Waals surface area contributed by atoms with Crippen LogP contribution in [0.1, 0.15) is 49.9 Å². The topological polar surface area (TPSA) is 116 Å². The highest BCUT2D eigenvalue weighted by Gasteiger charge is 2.29. The van der Waals surface area contributed by atoms with Gasteiger partial charge in [0.25, 0.3) is 11.8 Å². The Morgan fingerprint density at radius 1 is 0.684 bits per heavy atom. The lowest BCUT2D eigenvalue weighted by Gasteiger charge is -2.35. The van der Waals surface area contributed by atoms with E-state index in [1.165, 1.54) is 12.2 Å². The first-order valence-electron chi connectivity index (χ1n) is 12.7. The molecule has 2 amide bonds. The molecule has 0 radical (unpaired) electrons. The Kier molecular flexibility index (Phi) is 7.53. The molecular weight excluding hydrogens is 480 g/mol. The fraction of sp³-hybridized carbons (Fsp3) is 0.333. The quantitative estimate of drug-likeness (QED) is 0.256. The Labute approximate surface area is 223 Å². The highest BCUT2D eigenvalue weighted by Crippen LogP contribution is 2.30. The van der Waals surface area contributed by atoms with Crippen molar-refractivity contribution in [3.8, 4) is 0 Å². The number of fused-ring (bicyclic) bond motifs is 2. The zero-order chi connectivity index (χ0) is 27.5. The molecule has 4 N–H and O–H groups in total. The van der Waals surface area contributed by atoms with E-state index in [0.717, 1.165) is 35.1 Å². The van der Waals surface area contributed by atoms with Crippen molar-refractivity contribution >= 4 is 34.8 Å². The fourth-order valence-corrected chi connectivity index (χ4v) is 4.93. The molecule has 2 aromatic carbocycles. The number of nitrogens with one attached hydrogen (secondary N) is 4. The number of ketones is 2. The van der Waals surface area contributed by atoms with Crippen molar-refractivity contribution in [2.24, 2.45) is 0 Å². The lowest BCUT2D eigenvalue weighted by Crippen LogP contribution is -2.44. The lowest BCUT2D eigenvalue weighted by atomic mass is 9.85. The number of hydrogen-bond donors (Lipinski definition) is 4. The average molecular weight is 515 g/mol. The summed E-state index contributed by atoms with van der Waals surface area (Å²) in [6.45, 7) is 8.15. The summed E-state index contributed by atoms with van der Waals surface area (Å²) in [5.41, 5.74) is 4.69. The molecule has 38 heavy (non-hydrogen) atoms. The van der Waals surface area contributed by atoms with Gasteiger partial charge < -0.3 is 21.3 Å². The van der Waals surface area contributed by atoms with Gasteiger partial charge in [0, 0.05) is 58.8 Å².